The Bertz CT molecular complexity index is 2780. The zero-order valence-electron chi connectivity index (χ0n) is 30.0. The highest BCUT2D eigenvalue weighted by Crippen LogP contribution is 2.40. The predicted molar refractivity (Wildman–Crippen MR) is 215 cm³/mol. The van der Waals surface area contributed by atoms with Crippen LogP contribution in [0.4, 0.5) is 8.78 Å². The van der Waals surface area contributed by atoms with Crippen LogP contribution in [-0.4, -0.2) is 19.5 Å². The second kappa shape index (κ2) is 13.3. The molecule has 0 aliphatic rings. The second-order valence-electron chi connectivity index (χ2n) is 13.8. The molecule has 0 unspecified atom stereocenters. The lowest BCUT2D eigenvalue weighted by molar-refractivity contribution is 0.584. The van der Waals surface area contributed by atoms with Crippen molar-refractivity contribution < 1.29 is 8.78 Å². The van der Waals surface area contributed by atoms with Crippen molar-refractivity contribution in [1.82, 2.24) is 19.5 Å². The first-order valence-electron chi connectivity index (χ1n) is 17.9. The summed E-state index contributed by atoms with van der Waals surface area (Å²) in [6.07, 6.45) is 0. The number of fused-ring (bicyclic) bond motifs is 3. The molecular formula is C48H34F2N4. The normalized spacial score (nSPS) is 11.4. The van der Waals surface area contributed by atoms with E-state index in [-0.39, 0.29) is 0 Å². The van der Waals surface area contributed by atoms with Crippen LogP contribution in [0.15, 0.2) is 152 Å². The highest BCUT2D eigenvalue weighted by atomic mass is 19.1. The van der Waals surface area contributed by atoms with Crippen molar-refractivity contribution in [3.63, 3.8) is 0 Å². The number of para-hydroxylation sites is 1. The van der Waals surface area contributed by atoms with Crippen LogP contribution in [-0.2, 0) is 0 Å². The molecule has 2 heterocycles. The van der Waals surface area contributed by atoms with Crippen LogP contribution in [0.5, 0.6) is 0 Å². The summed E-state index contributed by atoms with van der Waals surface area (Å²) < 4.78 is 31.5. The minimum Gasteiger partial charge on any atom is -0.309 e. The van der Waals surface area contributed by atoms with Crippen LogP contribution in [0, 0.1) is 32.4 Å². The van der Waals surface area contributed by atoms with E-state index >= 15 is 0 Å². The molecule has 54 heavy (non-hydrogen) atoms. The third kappa shape index (κ3) is 5.92. The molecule has 0 amide bonds. The van der Waals surface area contributed by atoms with Gasteiger partial charge in [-0.1, -0.05) is 109 Å². The lowest BCUT2D eigenvalue weighted by Gasteiger charge is -2.17. The van der Waals surface area contributed by atoms with E-state index in [1.54, 1.807) is 0 Å². The highest BCUT2D eigenvalue weighted by molar-refractivity contribution is 6.11. The predicted octanol–water partition coefficient (Wildman–Crippen LogP) is 12.5. The molecule has 0 bridgehead atoms. The van der Waals surface area contributed by atoms with Gasteiger partial charge in [-0.25, -0.2) is 23.7 Å². The zero-order valence-corrected chi connectivity index (χ0v) is 30.0. The molecule has 260 valence electrons. The van der Waals surface area contributed by atoms with Gasteiger partial charge in [0.05, 0.1) is 16.7 Å². The topological polar surface area (TPSA) is 43.6 Å². The van der Waals surface area contributed by atoms with Crippen molar-refractivity contribution in [2.75, 3.05) is 0 Å². The first kappa shape index (κ1) is 33.1. The number of benzene rings is 7. The average Bonchev–Trinajstić information content (AvgIpc) is 3.51. The molecule has 0 saturated carbocycles. The fourth-order valence-electron chi connectivity index (χ4n) is 7.76. The number of rotatable bonds is 6. The van der Waals surface area contributed by atoms with E-state index in [2.05, 4.69) is 73.9 Å². The molecule has 0 aliphatic heterocycles. The summed E-state index contributed by atoms with van der Waals surface area (Å²) in [6, 6.07) is 48.5. The van der Waals surface area contributed by atoms with Crippen molar-refractivity contribution in [1.29, 1.82) is 0 Å². The first-order chi connectivity index (χ1) is 26.3. The summed E-state index contributed by atoms with van der Waals surface area (Å²) in [5.41, 5.74) is 12.4. The number of halogens is 2. The Hall–Kier alpha value is -6.79. The molecule has 0 fully saturated rings. The van der Waals surface area contributed by atoms with Crippen molar-refractivity contribution in [2.45, 2.75) is 20.8 Å². The largest absolute Gasteiger partial charge is 0.309 e. The van der Waals surface area contributed by atoms with Crippen molar-refractivity contribution in [2.24, 2.45) is 0 Å². The summed E-state index contributed by atoms with van der Waals surface area (Å²) >= 11 is 0. The number of hydrogen-bond donors (Lipinski definition) is 0. The van der Waals surface area contributed by atoms with E-state index in [0.717, 1.165) is 50.2 Å². The Balaban J connectivity index is 1.34. The smallest absolute Gasteiger partial charge is 0.166 e. The third-order valence-corrected chi connectivity index (χ3v) is 10.0. The fraction of sp³-hybridized carbons (Fsp3) is 0.0625. The minimum atomic E-state index is -0.647. The van der Waals surface area contributed by atoms with E-state index in [1.165, 1.54) is 34.4 Å². The number of hydrogen-bond acceptors (Lipinski definition) is 3. The van der Waals surface area contributed by atoms with E-state index in [4.69, 9.17) is 15.0 Å². The lowest BCUT2D eigenvalue weighted by atomic mass is 9.93. The first-order valence-corrected chi connectivity index (χ1v) is 17.9. The summed E-state index contributed by atoms with van der Waals surface area (Å²) in [5.74, 6) is 0.174. The van der Waals surface area contributed by atoms with Gasteiger partial charge >= 0.3 is 0 Å². The Kier molecular flexibility index (Phi) is 8.16. The maximum absolute atomic E-state index is 14.6. The molecule has 2 aromatic heterocycles. The monoisotopic (exact) mass is 704 g/mol. The van der Waals surface area contributed by atoms with Gasteiger partial charge in [-0.15, -0.1) is 0 Å². The maximum Gasteiger partial charge on any atom is 0.166 e. The van der Waals surface area contributed by atoms with Gasteiger partial charge in [-0.3, -0.25) is 0 Å². The molecular weight excluding hydrogens is 671 g/mol. The molecule has 0 saturated heterocycles. The summed E-state index contributed by atoms with van der Waals surface area (Å²) in [6.45, 7) is 6.47. The minimum absolute atomic E-state index is 0.414. The molecule has 9 rings (SSSR count). The third-order valence-electron chi connectivity index (χ3n) is 10.0. The number of nitrogens with zero attached hydrogens (tertiary/aromatic N) is 4. The van der Waals surface area contributed by atoms with Crippen LogP contribution in [0.3, 0.4) is 0 Å². The highest BCUT2D eigenvalue weighted by Gasteiger charge is 2.21. The second-order valence-corrected chi connectivity index (χ2v) is 13.8. The zero-order chi connectivity index (χ0) is 36.9. The van der Waals surface area contributed by atoms with Gasteiger partial charge in [0.2, 0.25) is 0 Å². The van der Waals surface area contributed by atoms with Crippen LogP contribution in [0.2, 0.25) is 0 Å². The lowest BCUT2D eigenvalue weighted by Crippen LogP contribution is -2.04. The van der Waals surface area contributed by atoms with Gasteiger partial charge in [0.25, 0.3) is 0 Å². The number of aromatic nitrogens is 4. The Labute approximate surface area is 312 Å². The van der Waals surface area contributed by atoms with E-state index in [9.17, 15) is 8.78 Å². The molecule has 7 aromatic carbocycles. The summed E-state index contributed by atoms with van der Waals surface area (Å²) in [7, 11) is 0. The quantitative estimate of drug-likeness (QED) is 0.173. The molecule has 0 aliphatic carbocycles. The summed E-state index contributed by atoms with van der Waals surface area (Å²) in [4.78, 5) is 15.1. The molecule has 4 nitrogen and oxygen atoms in total. The van der Waals surface area contributed by atoms with Crippen LogP contribution < -0.4 is 0 Å². The van der Waals surface area contributed by atoms with Gasteiger partial charge in [0.1, 0.15) is 11.6 Å². The molecule has 6 heteroatoms. The van der Waals surface area contributed by atoms with Crippen LogP contribution in [0.1, 0.15) is 16.7 Å². The molecule has 0 radical (unpaired) electrons. The molecule has 9 aromatic rings. The molecule has 0 N–H and O–H groups in total. The van der Waals surface area contributed by atoms with Crippen molar-refractivity contribution in [3.8, 4) is 62.1 Å². The average molecular weight is 705 g/mol. The molecule has 0 spiro atoms. The fourth-order valence-corrected chi connectivity index (χ4v) is 7.76. The Morgan fingerprint density at radius 1 is 0.426 bits per heavy atom. The van der Waals surface area contributed by atoms with Gasteiger partial charge in [-0.05, 0) is 96.6 Å². The Morgan fingerprint density at radius 2 is 0.981 bits per heavy atom. The standard InChI is InChI=1S/C48H34F2N4/c1-29-22-30(2)45(31(3)23-29)35-19-21-43-40(27-35)39-16-10-11-17-42(39)54(43)44-20-18-34(36-24-37(49)28-38(50)25-36)26-41(44)48-52-46(32-12-6-4-7-13-32)51-47(53-48)33-14-8-5-9-15-33/h4-28H,1-3H3. The van der Waals surface area contributed by atoms with Crippen molar-refractivity contribution >= 4 is 21.8 Å². The van der Waals surface area contributed by atoms with Gasteiger partial charge in [0.15, 0.2) is 17.5 Å². The van der Waals surface area contributed by atoms with Crippen molar-refractivity contribution in [3.05, 3.63) is 180 Å². The SMILES string of the molecule is Cc1cc(C)c(-c2ccc3c(c2)c2ccccc2n3-c2ccc(-c3cc(F)cc(F)c3)cc2-c2nc(-c3ccccc3)nc(-c3ccccc3)n2)c(C)c1. The molecule has 0 atom stereocenters. The van der Waals surface area contributed by atoms with Gasteiger partial charge in [-0.2, -0.15) is 0 Å². The maximum atomic E-state index is 14.6. The van der Waals surface area contributed by atoms with E-state index in [0.29, 0.717) is 34.2 Å². The van der Waals surface area contributed by atoms with E-state index in [1.807, 2.05) is 84.9 Å². The van der Waals surface area contributed by atoms with E-state index < -0.39 is 11.6 Å². The Morgan fingerprint density at radius 3 is 1.63 bits per heavy atom. The number of aryl methyl sites for hydroxylation is 3. The van der Waals surface area contributed by atoms with Crippen LogP contribution in [0.25, 0.3) is 83.9 Å². The van der Waals surface area contributed by atoms with Crippen LogP contribution >= 0.6 is 0 Å². The van der Waals surface area contributed by atoms with Gasteiger partial charge < -0.3 is 4.57 Å². The summed E-state index contributed by atoms with van der Waals surface area (Å²) in [5, 5.41) is 2.21. The van der Waals surface area contributed by atoms with Gasteiger partial charge in [0, 0.05) is 33.5 Å².